The molecule has 1 N–H and O–H groups in total. The Kier molecular flexibility index (Phi) is 2.97. The van der Waals surface area contributed by atoms with Crippen molar-refractivity contribution in [1.82, 2.24) is 10.2 Å². The van der Waals surface area contributed by atoms with Crippen molar-refractivity contribution >= 4 is 22.5 Å². The number of nitrogens with zero attached hydrogens (tertiary/aromatic N) is 3. The lowest BCUT2D eigenvalue weighted by Crippen LogP contribution is -1.84. The van der Waals surface area contributed by atoms with Gasteiger partial charge in [0.25, 0.3) is 0 Å². The SMILES string of the molecule is CCN=NCc1cc(Cl)cc2cn[nH]c12. The highest BCUT2D eigenvalue weighted by Gasteiger charge is 2.04. The molecular formula is C10H11ClN4. The number of halogens is 1. The standard InChI is InChI=1S/C10H11ClN4/c1-2-12-13-5-7-3-9(11)4-8-6-14-15-10(7)8/h3-4,6H,2,5H2,1H3,(H,14,15). The lowest BCUT2D eigenvalue weighted by Gasteiger charge is -1.99. The Balaban J connectivity index is 2.39. The summed E-state index contributed by atoms with van der Waals surface area (Å²) in [6.07, 6.45) is 1.75. The number of H-pyrrole nitrogens is 1. The lowest BCUT2D eigenvalue weighted by molar-refractivity contribution is 0.878. The van der Waals surface area contributed by atoms with Crippen LogP contribution in [0.2, 0.25) is 5.02 Å². The van der Waals surface area contributed by atoms with Gasteiger partial charge in [0.2, 0.25) is 0 Å². The van der Waals surface area contributed by atoms with Crippen LogP contribution >= 0.6 is 11.6 Å². The fraction of sp³-hybridized carbons (Fsp3) is 0.300. The van der Waals surface area contributed by atoms with E-state index in [-0.39, 0.29) is 0 Å². The molecule has 4 nitrogen and oxygen atoms in total. The van der Waals surface area contributed by atoms with E-state index in [2.05, 4.69) is 20.4 Å². The lowest BCUT2D eigenvalue weighted by atomic mass is 10.1. The highest BCUT2D eigenvalue weighted by Crippen LogP contribution is 2.22. The minimum absolute atomic E-state index is 0.535. The monoisotopic (exact) mass is 222 g/mol. The van der Waals surface area contributed by atoms with E-state index >= 15 is 0 Å². The molecule has 0 unspecified atom stereocenters. The zero-order valence-electron chi connectivity index (χ0n) is 8.37. The third-order valence-electron chi connectivity index (χ3n) is 2.08. The zero-order chi connectivity index (χ0) is 10.7. The summed E-state index contributed by atoms with van der Waals surface area (Å²) in [6.45, 7) is 3.19. The topological polar surface area (TPSA) is 53.4 Å². The van der Waals surface area contributed by atoms with Crippen LogP contribution in [0.1, 0.15) is 12.5 Å². The van der Waals surface area contributed by atoms with E-state index in [9.17, 15) is 0 Å². The van der Waals surface area contributed by atoms with Crippen molar-refractivity contribution in [2.24, 2.45) is 10.2 Å². The molecule has 2 aromatic rings. The number of benzene rings is 1. The molecule has 78 valence electrons. The minimum Gasteiger partial charge on any atom is -0.277 e. The van der Waals surface area contributed by atoms with Crippen molar-refractivity contribution < 1.29 is 0 Å². The first-order valence-electron chi connectivity index (χ1n) is 4.76. The number of hydrogen-bond donors (Lipinski definition) is 1. The van der Waals surface area contributed by atoms with Gasteiger partial charge in [0.05, 0.1) is 24.8 Å². The summed E-state index contributed by atoms with van der Waals surface area (Å²) in [5.74, 6) is 0. The summed E-state index contributed by atoms with van der Waals surface area (Å²) in [5.41, 5.74) is 2.00. The summed E-state index contributed by atoms with van der Waals surface area (Å²) in [6, 6.07) is 3.76. The molecule has 15 heavy (non-hydrogen) atoms. The number of azo groups is 1. The molecule has 2 rings (SSSR count). The maximum absolute atomic E-state index is 5.98. The van der Waals surface area contributed by atoms with Crippen LogP contribution in [-0.4, -0.2) is 16.7 Å². The van der Waals surface area contributed by atoms with Gasteiger partial charge in [-0.05, 0) is 19.1 Å². The van der Waals surface area contributed by atoms with Gasteiger partial charge in [0, 0.05) is 16.0 Å². The molecule has 0 saturated carbocycles. The third kappa shape index (κ3) is 2.15. The second-order valence-corrected chi connectivity index (χ2v) is 3.59. The largest absolute Gasteiger partial charge is 0.277 e. The van der Waals surface area contributed by atoms with Crippen molar-refractivity contribution in [2.75, 3.05) is 6.54 Å². The number of rotatable bonds is 3. The highest BCUT2D eigenvalue weighted by molar-refractivity contribution is 6.31. The Morgan fingerprint density at radius 3 is 3.07 bits per heavy atom. The Labute approximate surface area is 92.4 Å². The van der Waals surface area contributed by atoms with Gasteiger partial charge in [-0.25, -0.2) is 0 Å². The third-order valence-corrected chi connectivity index (χ3v) is 2.30. The molecule has 1 aromatic carbocycles. The van der Waals surface area contributed by atoms with Gasteiger partial charge in [-0.1, -0.05) is 11.6 Å². The molecule has 0 atom stereocenters. The van der Waals surface area contributed by atoms with Gasteiger partial charge in [-0.15, -0.1) is 0 Å². The summed E-state index contributed by atoms with van der Waals surface area (Å²) < 4.78 is 0. The van der Waals surface area contributed by atoms with Crippen molar-refractivity contribution in [3.05, 3.63) is 28.9 Å². The number of nitrogens with one attached hydrogen (secondary N) is 1. The average Bonchev–Trinajstić information content (AvgIpc) is 2.65. The molecule has 0 amide bonds. The predicted octanol–water partition coefficient (Wildman–Crippen LogP) is 3.19. The van der Waals surface area contributed by atoms with E-state index in [1.54, 1.807) is 6.20 Å². The van der Waals surface area contributed by atoms with Crippen molar-refractivity contribution in [1.29, 1.82) is 0 Å². The van der Waals surface area contributed by atoms with E-state index in [0.717, 1.165) is 16.5 Å². The van der Waals surface area contributed by atoms with Gasteiger partial charge < -0.3 is 0 Å². The van der Waals surface area contributed by atoms with Crippen LogP contribution in [-0.2, 0) is 6.54 Å². The van der Waals surface area contributed by atoms with E-state index in [4.69, 9.17) is 11.6 Å². The summed E-state index contributed by atoms with van der Waals surface area (Å²) >= 11 is 5.98. The van der Waals surface area contributed by atoms with E-state index in [1.807, 2.05) is 19.1 Å². The molecule has 0 spiro atoms. The van der Waals surface area contributed by atoms with Crippen LogP contribution in [0, 0.1) is 0 Å². The summed E-state index contributed by atoms with van der Waals surface area (Å²) in [5, 5.41) is 16.6. The second-order valence-electron chi connectivity index (χ2n) is 3.16. The van der Waals surface area contributed by atoms with E-state index in [0.29, 0.717) is 18.1 Å². The Bertz CT molecular complexity index is 489. The van der Waals surface area contributed by atoms with Crippen molar-refractivity contribution in [2.45, 2.75) is 13.5 Å². The molecule has 1 aromatic heterocycles. The first-order chi connectivity index (χ1) is 7.31. The first-order valence-corrected chi connectivity index (χ1v) is 5.14. The molecule has 0 aliphatic rings. The molecule has 1 heterocycles. The van der Waals surface area contributed by atoms with Crippen LogP contribution in [0.5, 0.6) is 0 Å². The average molecular weight is 223 g/mol. The molecule has 0 fully saturated rings. The molecule has 0 saturated heterocycles. The minimum atomic E-state index is 0.535. The number of aromatic nitrogens is 2. The smallest absolute Gasteiger partial charge is 0.0870 e. The Morgan fingerprint density at radius 2 is 2.27 bits per heavy atom. The van der Waals surface area contributed by atoms with Crippen LogP contribution in [0.3, 0.4) is 0 Å². The molecule has 5 heteroatoms. The molecular weight excluding hydrogens is 212 g/mol. The van der Waals surface area contributed by atoms with E-state index in [1.165, 1.54) is 0 Å². The van der Waals surface area contributed by atoms with Gasteiger partial charge in [-0.3, -0.25) is 5.10 Å². The van der Waals surface area contributed by atoms with Gasteiger partial charge >= 0.3 is 0 Å². The number of fused-ring (bicyclic) bond motifs is 1. The normalized spacial score (nSPS) is 11.6. The molecule has 0 bridgehead atoms. The van der Waals surface area contributed by atoms with Crippen LogP contribution in [0.4, 0.5) is 0 Å². The fourth-order valence-electron chi connectivity index (χ4n) is 1.44. The maximum Gasteiger partial charge on any atom is 0.0870 e. The molecule has 0 aliphatic carbocycles. The highest BCUT2D eigenvalue weighted by atomic mass is 35.5. The van der Waals surface area contributed by atoms with Crippen LogP contribution < -0.4 is 0 Å². The molecule has 0 aliphatic heterocycles. The van der Waals surface area contributed by atoms with Crippen molar-refractivity contribution in [3.63, 3.8) is 0 Å². The van der Waals surface area contributed by atoms with Crippen LogP contribution in [0.25, 0.3) is 10.9 Å². The van der Waals surface area contributed by atoms with Gasteiger partial charge in [-0.2, -0.15) is 15.3 Å². The second kappa shape index (κ2) is 4.40. The Hall–Kier alpha value is -1.42. The van der Waals surface area contributed by atoms with E-state index < -0.39 is 0 Å². The van der Waals surface area contributed by atoms with Gasteiger partial charge in [0.15, 0.2) is 0 Å². The summed E-state index contributed by atoms with van der Waals surface area (Å²) in [4.78, 5) is 0. The quantitative estimate of drug-likeness (QED) is 0.797. The van der Waals surface area contributed by atoms with Crippen molar-refractivity contribution in [3.8, 4) is 0 Å². The van der Waals surface area contributed by atoms with Crippen LogP contribution in [0.15, 0.2) is 28.6 Å². The number of aromatic amines is 1. The first kappa shape index (κ1) is 10.1. The maximum atomic E-state index is 5.98. The molecule has 0 radical (unpaired) electrons. The predicted molar refractivity (Wildman–Crippen MR) is 60.2 cm³/mol. The fourth-order valence-corrected chi connectivity index (χ4v) is 1.69. The Morgan fingerprint density at radius 1 is 1.40 bits per heavy atom. The summed E-state index contributed by atoms with van der Waals surface area (Å²) in [7, 11) is 0. The number of hydrogen-bond acceptors (Lipinski definition) is 3. The zero-order valence-corrected chi connectivity index (χ0v) is 9.12. The van der Waals surface area contributed by atoms with Gasteiger partial charge in [0.1, 0.15) is 0 Å².